The van der Waals surface area contributed by atoms with Crippen molar-refractivity contribution >= 4 is 5.69 Å². The zero-order valence-corrected chi connectivity index (χ0v) is 11.2. The molecule has 1 unspecified atom stereocenters. The lowest BCUT2D eigenvalue weighted by Gasteiger charge is -2.19. The second-order valence-electron chi connectivity index (χ2n) is 4.74. The van der Waals surface area contributed by atoms with Gasteiger partial charge in [-0.25, -0.2) is 0 Å². The fourth-order valence-corrected chi connectivity index (χ4v) is 2.00. The maximum atomic E-state index is 10.5. The van der Waals surface area contributed by atoms with Gasteiger partial charge in [0.25, 0.3) is 0 Å². The molecule has 0 bridgehead atoms. The lowest BCUT2D eigenvalue weighted by molar-refractivity contribution is 0.198. The van der Waals surface area contributed by atoms with Crippen LogP contribution in [-0.2, 0) is 0 Å². The molecule has 0 aliphatic carbocycles. The Hall–Kier alpha value is -2.00. The Labute approximate surface area is 113 Å². The van der Waals surface area contributed by atoms with E-state index in [2.05, 4.69) is 0 Å². The first-order valence-corrected chi connectivity index (χ1v) is 6.37. The molecule has 0 aromatic heterocycles. The summed E-state index contributed by atoms with van der Waals surface area (Å²) >= 11 is 0. The summed E-state index contributed by atoms with van der Waals surface area (Å²) in [4.78, 5) is 0. The normalized spacial score (nSPS) is 12.4. The predicted molar refractivity (Wildman–Crippen MR) is 77.1 cm³/mol. The van der Waals surface area contributed by atoms with Crippen molar-refractivity contribution in [3.8, 4) is 5.75 Å². The molecular formula is C16H19NO2. The van der Waals surface area contributed by atoms with Gasteiger partial charge in [-0.05, 0) is 26.0 Å². The van der Waals surface area contributed by atoms with E-state index in [-0.39, 0.29) is 6.10 Å². The summed E-state index contributed by atoms with van der Waals surface area (Å²) in [5, 5.41) is 10.5. The quantitative estimate of drug-likeness (QED) is 0.827. The van der Waals surface area contributed by atoms with E-state index in [1.807, 2.05) is 56.3 Å². The maximum Gasteiger partial charge on any atom is 0.125 e. The van der Waals surface area contributed by atoms with Crippen LogP contribution in [0, 0.1) is 0 Å². The van der Waals surface area contributed by atoms with Gasteiger partial charge in [-0.1, -0.05) is 36.4 Å². The number of para-hydroxylation sites is 2. The van der Waals surface area contributed by atoms with Crippen molar-refractivity contribution in [2.45, 2.75) is 26.1 Å². The van der Waals surface area contributed by atoms with Gasteiger partial charge in [0.2, 0.25) is 0 Å². The zero-order chi connectivity index (χ0) is 13.8. The molecule has 0 radical (unpaired) electrons. The molecule has 3 nitrogen and oxygen atoms in total. The van der Waals surface area contributed by atoms with Crippen molar-refractivity contribution in [3.05, 3.63) is 59.7 Å². The van der Waals surface area contributed by atoms with Gasteiger partial charge in [0.05, 0.1) is 6.10 Å². The van der Waals surface area contributed by atoms with E-state index in [1.165, 1.54) is 0 Å². The average Bonchev–Trinajstić information content (AvgIpc) is 2.38. The van der Waals surface area contributed by atoms with E-state index in [0.29, 0.717) is 17.0 Å². The number of benzene rings is 2. The molecule has 0 saturated heterocycles. The lowest BCUT2D eigenvalue weighted by Crippen LogP contribution is -2.10. The van der Waals surface area contributed by atoms with E-state index in [1.54, 1.807) is 6.07 Å². The minimum atomic E-state index is -0.781. The molecule has 2 aromatic carbocycles. The smallest absolute Gasteiger partial charge is 0.125 e. The Kier molecular flexibility index (Phi) is 4.07. The second-order valence-corrected chi connectivity index (χ2v) is 4.74. The van der Waals surface area contributed by atoms with Crippen LogP contribution < -0.4 is 10.5 Å². The van der Waals surface area contributed by atoms with Crippen LogP contribution in [0.3, 0.4) is 0 Å². The highest BCUT2D eigenvalue weighted by Gasteiger charge is 2.17. The van der Waals surface area contributed by atoms with Crippen LogP contribution in [-0.4, -0.2) is 11.2 Å². The van der Waals surface area contributed by atoms with Crippen molar-refractivity contribution in [3.63, 3.8) is 0 Å². The van der Waals surface area contributed by atoms with Crippen LogP contribution in [0.2, 0.25) is 0 Å². The number of aliphatic hydroxyl groups excluding tert-OH is 1. The molecule has 0 saturated carbocycles. The number of nitrogen functional groups attached to an aromatic ring is 1. The highest BCUT2D eigenvalue weighted by atomic mass is 16.5. The minimum absolute atomic E-state index is 0.0569. The van der Waals surface area contributed by atoms with E-state index in [9.17, 15) is 5.11 Å². The van der Waals surface area contributed by atoms with Gasteiger partial charge < -0.3 is 15.6 Å². The van der Waals surface area contributed by atoms with Crippen molar-refractivity contribution in [1.29, 1.82) is 0 Å². The highest BCUT2D eigenvalue weighted by molar-refractivity contribution is 5.52. The maximum absolute atomic E-state index is 10.5. The van der Waals surface area contributed by atoms with E-state index >= 15 is 0 Å². The molecule has 0 aliphatic rings. The summed E-state index contributed by atoms with van der Waals surface area (Å²) < 4.78 is 5.73. The molecule has 3 N–H and O–H groups in total. The monoisotopic (exact) mass is 257 g/mol. The molecule has 0 fully saturated rings. The van der Waals surface area contributed by atoms with Crippen LogP contribution in [0.1, 0.15) is 31.1 Å². The molecule has 0 heterocycles. The van der Waals surface area contributed by atoms with Gasteiger partial charge in [-0.15, -0.1) is 0 Å². The third kappa shape index (κ3) is 3.06. The summed E-state index contributed by atoms with van der Waals surface area (Å²) in [7, 11) is 0. The van der Waals surface area contributed by atoms with E-state index in [4.69, 9.17) is 10.5 Å². The standard InChI is InChI=1S/C16H19NO2/c1-11(2)19-15-10-6-4-8-13(15)16(18)12-7-3-5-9-14(12)17/h3-11,16,18H,17H2,1-2H3. The fourth-order valence-electron chi connectivity index (χ4n) is 2.00. The number of hydrogen-bond acceptors (Lipinski definition) is 3. The number of rotatable bonds is 4. The van der Waals surface area contributed by atoms with Crippen LogP contribution in [0.5, 0.6) is 5.75 Å². The van der Waals surface area contributed by atoms with Crippen LogP contribution in [0.25, 0.3) is 0 Å². The zero-order valence-electron chi connectivity index (χ0n) is 11.2. The highest BCUT2D eigenvalue weighted by Crippen LogP contribution is 2.32. The summed E-state index contributed by atoms with van der Waals surface area (Å²) in [5.74, 6) is 0.688. The van der Waals surface area contributed by atoms with Gasteiger partial charge in [-0.2, -0.15) is 0 Å². The van der Waals surface area contributed by atoms with Crippen molar-refractivity contribution in [2.24, 2.45) is 0 Å². The summed E-state index contributed by atoms with van der Waals surface area (Å²) in [6.45, 7) is 3.92. The number of aliphatic hydroxyl groups is 1. The van der Waals surface area contributed by atoms with E-state index < -0.39 is 6.10 Å². The molecule has 2 rings (SSSR count). The Morgan fingerprint density at radius 1 is 0.947 bits per heavy atom. The molecule has 3 heteroatoms. The Morgan fingerprint density at radius 2 is 1.53 bits per heavy atom. The van der Waals surface area contributed by atoms with Crippen molar-refractivity contribution in [2.75, 3.05) is 5.73 Å². The first-order valence-electron chi connectivity index (χ1n) is 6.37. The Bertz CT molecular complexity index is 552. The fraction of sp³-hybridized carbons (Fsp3) is 0.250. The molecule has 100 valence electrons. The molecule has 19 heavy (non-hydrogen) atoms. The topological polar surface area (TPSA) is 55.5 Å². The van der Waals surface area contributed by atoms with Gasteiger partial charge in [0, 0.05) is 16.8 Å². The van der Waals surface area contributed by atoms with Gasteiger partial charge in [-0.3, -0.25) is 0 Å². The second kappa shape index (κ2) is 5.76. The average molecular weight is 257 g/mol. The summed E-state index contributed by atoms with van der Waals surface area (Å²) in [6, 6.07) is 14.8. The number of hydrogen-bond donors (Lipinski definition) is 2. The third-order valence-corrected chi connectivity index (χ3v) is 2.87. The molecule has 0 spiro atoms. The summed E-state index contributed by atoms with van der Waals surface area (Å²) in [5.41, 5.74) is 7.91. The third-order valence-electron chi connectivity index (χ3n) is 2.87. The SMILES string of the molecule is CC(C)Oc1ccccc1C(O)c1ccccc1N. The Morgan fingerprint density at radius 3 is 2.16 bits per heavy atom. The number of anilines is 1. The molecule has 0 amide bonds. The minimum Gasteiger partial charge on any atom is -0.491 e. The molecule has 2 aromatic rings. The van der Waals surface area contributed by atoms with E-state index in [0.717, 1.165) is 5.56 Å². The van der Waals surface area contributed by atoms with Gasteiger partial charge in [0.15, 0.2) is 0 Å². The molecule has 1 atom stereocenters. The number of nitrogens with two attached hydrogens (primary N) is 1. The van der Waals surface area contributed by atoms with Crippen LogP contribution in [0.15, 0.2) is 48.5 Å². The van der Waals surface area contributed by atoms with Gasteiger partial charge >= 0.3 is 0 Å². The van der Waals surface area contributed by atoms with Crippen molar-refractivity contribution < 1.29 is 9.84 Å². The largest absolute Gasteiger partial charge is 0.491 e. The number of ether oxygens (including phenoxy) is 1. The van der Waals surface area contributed by atoms with Crippen LogP contribution >= 0.6 is 0 Å². The van der Waals surface area contributed by atoms with Crippen LogP contribution in [0.4, 0.5) is 5.69 Å². The predicted octanol–water partition coefficient (Wildman–Crippen LogP) is 3.14. The first kappa shape index (κ1) is 13.4. The summed E-state index contributed by atoms with van der Waals surface area (Å²) in [6.07, 6.45) is -0.724. The molecular weight excluding hydrogens is 238 g/mol. The lowest BCUT2D eigenvalue weighted by atomic mass is 9.99. The first-order chi connectivity index (χ1) is 9.09. The molecule has 0 aliphatic heterocycles. The van der Waals surface area contributed by atoms with Crippen molar-refractivity contribution in [1.82, 2.24) is 0 Å². The van der Waals surface area contributed by atoms with Gasteiger partial charge in [0.1, 0.15) is 11.9 Å². The Balaban J connectivity index is 2.39.